The average Bonchev–Trinajstić information content (AvgIpc) is 3.09. The van der Waals surface area contributed by atoms with Crippen LogP contribution < -0.4 is 0 Å². The standard InChI is InChI=1S/C25H36O7/c1-14(28)31-16-8-9-24(2)15(10-16)4-5-17-18-6-7-19(20(29)12-26)25(18,3)11-21(23(17)24)32-22(30)13-27/h4,16-19,21,23,26-27H,5-13H2,1-3H3/t16-,17-,18-,19+,21-,23+,24-,25-/m0/s1. The number of aliphatic hydroxyl groups is 2. The van der Waals surface area contributed by atoms with Crippen molar-refractivity contribution in [3.63, 3.8) is 0 Å². The van der Waals surface area contributed by atoms with Gasteiger partial charge >= 0.3 is 11.9 Å². The molecule has 3 fully saturated rings. The van der Waals surface area contributed by atoms with Crippen LogP contribution in [-0.2, 0) is 23.9 Å². The number of carbonyl (C=O) groups is 3. The molecule has 0 aromatic carbocycles. The molecule has 0 radical (unpaired) electrons. The average molecular weight is 449 g/mol. The highest BCUT2D eigenvalue weighted by atomic mass is 16.6. The summed E-state index contributed by atoms with van der Waals surface area (Å²) in [5.74, 6) is -0.572. The Morgan fingerprint density at radius 2 is 1.84 bits per heavy atom. The van der Waals surface area contributed by atoms with E-state index in [0.717, 1.165) is 32.1 Å². The molecule has 0 aromatic heterocycles. The topological polar surface area (TPSA) is 110 Å². The molecule has 4 aliphatic carbocycles. The third kappa shape index (κ3) is 3.71. The maximum atomic E-state index is 12.6. The number of ketones is 1. The van der Waals surface area contributed by atoms with Gasteiger partial charge in [0.1, 0.15) is 25.4 Å². The third-order valence-electron chi connectivity index (χ3n) is 9.26. The maximum absolute atomic E-state index is 12.6. The molecule has 0 bridgehead atoms. The molecule has 2 N–H and O–H groups in total. The van der Waals surface area contributed by atoms with Crippen molar-refractivity contribution in [2.24, 2.45) is 34.5 Å². The quantitative estimate of drug-likeness (QED) is 0.491. The summed E-state index contributed by atoms with van der Waals surface area (Å²) in [5, 5.41) is 18.9. The summed E-state index contributed by atoms with van der Waals surface area (Å²) < 4.78 is 11.4. The fraction of sp³-hybridized carbons (Fsp3) is 0.800. The Bertz CT molecular complexity index is 819. The Kier molecular flexibility index (Phi) is 6.27. The lowest BCUT2D eigenvalue weighted by Crippen LogP contribution is -2.58. The number of aliphatic hydroxyl groups excluding tert-OH is 2. The normalized spacial score (nSPS) is 42.7. The van der Waals surface area contributed by atoms with Crippen LogP contribution in [0.5, 0.6) is 0 Å². The van der Waals surface area contributed by atoms with Crippen LogP contribution in [0.25, 0.3) is 0 Å². The number of hydrogen-bond donors (Lipinski definition) is 2. The lowest BCUT2D eigenvalue weighted by atomic mass is 9.46. The van der Waals surface area contributed by atoms with Gasteiger partial charge in [0.15, 0.2) is 5.78 Å². The van der Waals surface area contributed by atoms with Crippen molar-refractivity contribution in [3.8, 4) is 0 Å². The van der Waals surface area contributed by atoms with Crippen LogP contribution in [0.3, 0.4) is 0 Å². The molecule has 0 aliphatic heterocycles. The molecule has 0 saturated heterocycles. The van der Waals surface area contributed by atoms with Gasteiger partial charge in [0.2, 0.25) is 0 Å². The molecule has 0 heterocycles. The number of Topliss-reactive ketones (excluding diaryl/α,β-unsaturated/α-hetero) is 1. The van der Waals surface area contributed by atoms with Crippen molar-refractivity contribution < 1.29 is 34.1 Å². The zero-order chi connectivity index (χ0) is 23.3. The van der Waals surface area contributed by atoms with Crippen molar-refractivity contribution in [2.45, 2.75) is 77.9 Å². The second-order valence-corrected chi connectivity index (χ2v) is 10.8. The van der Waals surface area contributed by atoms with Crippen molar-refractivity contribution in [1.29, 1.82) is 0 Å². The fourth-order valence-electron chi connectivity index (χ4n) is 8.01. The van der Waals surface area contributed by atoms with E-state index in [1.807, 2.05) is 0 Å². The number of rotatable bonds is 5. The smallest absolute Gasteiger partial charge is 0.332 e. The van der Waals surface area contributed by atoms with Crippen LogP contribution in [0.1, 0.15) is 65.7 Å². The zero-order valence-corrected chi connectivity index (χ0v) is 19.3. The maximum Gasteiger partial charge on any atom is 0.332 e. The van der Waals surface area contributed by atoms with E-state index >= 15 is 0 Å². The summed E-state index contributed by atoms with van der Waals surface area (Å²) in [6.07, 6.45) is 7.20. The van der Waals surface area contributed by atoms with Gasteiger partial charge in [-0.15, -0.1) is 0 Å². The number of esters is 2. The summed E-state index contributed by atoms with van der Waals surface area (Å²) in [6.45, 7) is 4.68. The van der Waals surface area contributed by atoms with Crippen molar-refractivity contribution in [2.75, 3.05) is 13.2 Å². The molecular formula is C25H36O7. The van der Waals surface area contributed by atoms with Crippen molar-refractivity contribution in [1.82, 2.24) is 0 Å². The van der Waals surface area contributed by atoms with Crippen LogP contribution in [0, 0.1) is 34.5 Å². The first kappa shape index (κ1) is 23.4. The Labute approximate surface area is 189 Å². The fourth-order valence-corrected chi connectivity index (χ4v) is 8.01. The predicted molar refractivity (Wildman–Crippen MR) is 115 cm³/mol. The molecule has 178 valence electrons. The highest BCUT2D eigenvalue weighted by molar-refractivity contribution is 5.83. The molecule has 0 spiro atoms. The summed E-state index contributed by atoms with van der Waals surface area (Å²) >= 11 is 0. The third-order valence-corrected chi connectivity index (χ3v) is 9.26. The van der Waals surface area contributed by atoms with E-state index in [1.54, 1.807) is 0 Å². The largest absolute Gasteiger partial charge is 0.462 e. The Balaban J connectivity index is 1.69. The van der Waals surface area contributed by atoms with Gasteiger partial charge in [0.25, 0.3) is 0 Å². The van der Waals surface area contributed by atoms with Gasteiger partial charge < -0.3 is 19.7 Å². The van der Waals surface area contributed by atoms with Crippen LogP contribution in [0.15, 0.2) is 11.6 Å². The molecule has 4 rings (SSSR count). The minimum atomic E-state index is -0.666. The SMILES string of the molecule is CC(=O)O[C@H]1CC[C@@]2(C)C(=CC[C@@H]3[C@@H]2[C@@H](OC(=O)CO)C[C@]2(C)[C@@H](C(=O)CO)CC[C@@H]32)C1. The molecule has 32 heavy (non-hydrogen) atoms. The first-order chi connectivity index (χ1) is 15.1. The van der Waals surface area contributed by atoms with E-state index in [0.29, 0.717) is 18.8 Å². The second kappa shape index (κ2) is 8.56. The van der Waals surface area contributed by atoms with Gasteiger partial charge in [-0.3, -0.25) is 9.59 Å². The molecule has 7 heteroatoms. The van der Waals surface area contributed by atoms with Gasteiger partial charge in [-0.2, -0.15) is 0 Å². The number of fused-ring (bicyclic) bond motifs is 5. The van der Waals surface area contributed by atoms with E-state index in [4.69, 9.17) is 9.47 Å². The molecule has 3 saturated carbocycles. The monoisotopic (exact) mass is 448 g/mol. The van der Waals surface area contributed by atoms with Gasteiger partial charge in [-0.25, -0.2) is 4.79 Å². The van der Waals surface area contributed by atoms with E-state index < -0.39 is 25.3 Å². The van der Waals surface area contributed by atoms with E-state index in [1.165, 1.54) is 12.5 Å². The van der Waals surface area contributed by atoms with Gasteiger partial charge in [0.05, 0.1) is 0 Å². The first-order valence-corrected chi connectivity index (χ1v) is 11.9. The van der Waals surface area contributed by atoms with E-state index in [9.17, 15) is 24.6 Å². The minimum Gasteiger partial charge on any atom is -0.462 e. The molecule has 4 aliphatic rings. The molecule has 0 aromatic rings. The lowest BCUT2D eigenvalue weighted by Gasteiger charge is -2.60. The Hall–Kier alpha value is -1.73. The first-order valence-electron chi connectivity index (χ1n) is 11.9. The Morgan fingerprint density at radius 1 is 1.09 bits per heavy atom. The van der Waals surface area contributed by atoms with Crippen LogP contribution >= 0.6 is 0 Å². The van der Waals surface area contributed by atoms with Gasteiger partial charge in [-0.05, 0) is 61.2 Å². The van der Waals surface area contributed by atoms with Crippen LogP contribution in [-0.4, -0.2) is 53.4 Å². The molecule has 0 unspecified atom stereocenters. The van der Waals surface area contributed by atoms with Gasteiger partial charge in [0, 0.05) is 25.2 Å². The van der Waals surface area contributed by atoms with Gasteiger partial charge in [-0.1, -0.05) is 25.5 Å². The lowest BCUT2D eigenvalue weighted by molar-refractivity contribution is -0.180. The highest BCUT2D eigenvalue weighted by Gasteiger charge is 2.63. The number of allylic oxidation sites excluding steroid dienone is 1. The van der Waals surface area contributed by atoms with Crippen LogP contribution in [0.2, 0.25) is 0 Å². The van der Waals surface area contributed by atoms with Crippen molar-refractivity contribution >= 4 is 17.7 Å². The van der Waals surface area contributed by atoms with Crippen LogP contribution in [0.4, 0.5) is 0 Å². The summed E-state index contributed by atoms with van der Waals surface area (Å²) in [7, 11) is 0. The van der Waals surface area contributed by atoms with Crippen molar-refractivity contribution in [3.05, 3.63) is 11.6 Å². The minimum absolute atomic E-state index is 0.0948. The number of carbonyl (C=O) groups excluding carboxylic acids is 3. The summed E-state index contributed by atoms with van der Waals surface area (Å²) in [6, 6.07) is 0. The molecule has 7 nitrogen and oxygen atoms in total. The predicted octanol–water partition coefficient (Wildman–Crippen LogP) is 2.57. The van der Waals surface area contributed by atoms with E-state index in [2.05, 4.69) is 19.9 Å². The zero-order valence-electron chi connectivity index (χ0n) is 19.3. The summed E-state index contributed by atoms with van der Waals surface area (Å²) in [4.78, 5) is 36.3. The molecule has 0 amide bonds. The summed E-state index contributed by atoms with van der Waals surface area (Å²) in [5.41, 5.74) is 0.754. The Morgan fingerprint density at radius 3 is 2.50 bits per heavy atom. The van der Waals surface area contributed by atoms with E-state index in [-0.39, 0.29) is 46.4 Å². The second-order valence-electron chi connectivity index (χ2n) is 10.8. The molecular weight excluding hydrogens is 412 g/mol. The number of hydrogen-bond acceptors (Lipinski definition) is 7. The number of ether oxygens (including phenoxy) is 2. The molecule has 8 atom stereocenters. The highest BCUT2D eigenvalue weighted by Crippen LogP contribution is 2.66.